The Morgan fingerprint density at radius 1 is 1.02 bits per heavy atom. The molecule has 1 aliphatic carbocycles. The molecule has 8 nitrogen and oxygen atoms in total. The Bertz CT molecular complexity index is 1940. The molecule has 49 heavy (non-hydrogen) atoms. The largest absolute Gasteiger partial charge is 0.505 e. The number of benzene rings is 2. The van der Waals surface area contributed by atoms with Gasteiger partial charge in [0.15, 0.2) is 11.6 Å². The van der Waals surface area contributed by atoms with E-state index in [9.17, 15) is 19.3 Å². The van der Waals surface area contributed by atoms with Gasteiger partial charge >= 0.3 is 0 Å². The molecule has 1 saturated carbocycles. The van der Waals surface area contributed by atoms with E-state index in [2.05, 4.69) is 30.8 Å². The number of halogens is 3. The molecule has 3 aliphatic rings. The van der Waals surface area contributed by atoms with E-state index in [0.717, 1.165) is 70.8 Å². The van der Waals surface area contributed by atoms with Crippen molar-refractivity contribution >= 4 is 44.1 Å². The SMILES string of the molecule is CC1=CC(=C(O)c2cc3cc(OC4CCN(C5CCCC5)CC4)c(Br)cc3[nH]2)C(=N)N(c2cnc(Oc3c(F)cccc3F)cc2C)CC1. The summed E-state index contributed by atoms with van der Waals surface area (Å²) in [5.41, 5.74) is 3.99. The molecule has 3 N–H and O–H groups in total. The van der Waals surface area contributed by atoms with Crippen LogP contribution in [0, 0.1) is 24.0 Å². The summed E-state index contributed by atoms with van der Waals surface area (Å²) >= 11 is 3.70. The van der Waals surface area contributed by atoms with Gasteiger partial charge in [-0.25, -0.2) is 13.8 Å². The number of hydrogen-bond acceptors (Lipinski definition) is 6. The van der Waals surface area contributed by atoms with Crippen molar-refractivity contribution in [3.05, 3.63) is 93.2 Å². The summed E-state index contributed by atoms with van der Waals surface area (Å²) in [5, 5.41) is 21.8. The fourth-order valence-electron chi connectivity index (χ4n) is 7.20. The van der Waals surface area contributed by atoms with Crippen LogP contribution in [0.1, 0.15) is 63.1 Å². The molecule has 0 bridgehead atoms. The third kappa shape index (κ3) is 6.96. The topological polar surface area (TPSA) is 97.7 Å². The first-order chi connectivity index (χ1) is 23.6. The Morgan fingerprint density at radius 2 is 1.76 bits per heavy atom. The van der Waals surface area contributed by atoms with E-state index in [4.69, 9.17) is 9.47 Å². The number of amidine groups is 1. The van der Waals surface area contributed by atoms with Crippen LogP contribution in [0.4, 0.5) is 14.5 Å². The lowest BCUT2D eigenvalue weighted by atomic mass is 10.0. The van der Waals surface area contributed by atoms with Gasteiger partial charge in [0.1, 0.15) is 23.4 Å². The number of aliphatic hydroxyl groups excluding tert-OH is 1. The number of nitrogens with one attached hydrogen (secondary N) is 2. The summed E-state index contributed by atoms with van der Waals surface area (Å²) in [4.78, 5) is 12.0. The lowest BCUT2D eigenvalue weighted by Gasteiger charge is -2.36. The number of likely N-dealkylation sites (tertiary alicyclic amines) is 1. The van der Waals surface area contributed by atoms with Crippen LogP contribution in [0.2, 0.25) is 0 Å². The van der Waals surface area contributed by atoms with Crippen LogP contribution in [0.5, 0.6) is 17.4 Å². The molecule has 1 saturated heterocycles. The number of aryl methyl sites for hydroxylation is 1. The van der Waals surface area contributed by atoms with E-state index in [1.807, 2.05) is 38.1 Å². The first-order valence-corrected chi connectivity index (χ1v) is 17.7. The van der Waals surface area contributed by atoms with E-state index in [-0.39, 0.29) is 23.6 Å². The number of aromatic nitrogens is 2. The summed E-state index contributed by atoms with van der Waals surface area (Å²) in [6.45, 7) is 6.41. The second-order valence-corrected chi connectivity index (χ2v) is 14.2. The summed E-state index contributed by atoms with van der Waals surface area (Å²) in [6, 6.07) is 11.7. The Labute approximate surface area is 293 Å². The molecule has 0 atom stereocenters. The summed E-state index contributed by atoms with van der Waals surface area (Å²) in [5.74, 6) is -1.32. The predicted molar refractivity (Wildman–Crippen MR) is 192 cm³/mol. The Balaban J connectivity index is 1.11. The minimum Gasteiger partial charge on any atom is -0.505 e. The molecular formula is C38H40BrF2N5O3. The Morgan fingerprint density at radius 3 is 2.47 bits per heavy atom. The van der Waals surface area contributed by atoms with Gasteiger partial charge in [0, 0.05) is 42.6 Å². The molecule has 2 aliphatic heterocycles. The highest BCUT2D eigenvalue weighted by atomic mass is 79.9. The molecule has 2 aromatic carbocycles. The minimum atomic E-state index is -0.826. The maximum absolute atomic E-state index is 14.2. The highest BCUT2D eigenvalue weighted by Crippen LogP contribution is 2.36. The average Bonchev–Trinajstić information content (AvgIpc) is 3.74. The predicted octanol–water partition coefficient (Wildman–Crippen LogP) is 9.59. The normalized spacial score (nSPS) is 19.3. The molecule has 7 rings (SSSR count). The van der Waals surface area contributed by atoms with Crippen LogP contribution in [-0.2, 0) is 0 Å². The van der Waals surface area contributed by atoms with Gasteiger partial charge in [0.25, 0.3) is 0 Å². The van der Waals surface area contributed by atoms with E-state index in [0.29, 0.717) is 35.5 Å². The van der Waals surface area contributed by atoms with Gasteiger partial charge in [-0.05, 0) is 104 Å². The zero-order chi connectivity index (χ0) is 34.2. The van der Waals surface area contributed by atoms with Crippen molar-refractivity contribution in [3.63, 3.8) is 0 Å². The number of piperidine rings is 1. The molecule has 256 valence electrons. The molecule has 2 fully saturated rings. The molecule has 0 unspecified atom stereocenters. The van der Waals surface area contributed by atoms with Crippen molar-refractivity contribution in [1.29, 1.82) is 5.41 Å². The zero-order valence-electron chi connectivity index (χ0n) is 27.7. The number of fused-ring (bicyclic) bond motifs is 1. The highest BCUT2D eigenvalue weighted by Gasteiger charge is 2.29. The van der Waals surface area contributed by atoms with Crippen molar-refractivity contribution in [2.75, 3.05) is 24.5 Å². The van der Waals surface area contributed by atoms with Crippen molar-refractivity contribution in [3.8, 4) is 17.4 Å². The van der Waals surface area contributed by atoms with Crippen LogP contribution in [0.15, 0.2) is 70.4 Å². The maximum Gasteiger partial charge on any atom is 0.219 e. The molecular weight excluding hydrogens is 692 g/mol. The van der Waals surface area contributed by atoms with Gasteiger partial charge < -0.3 is 29.4 Å². The zero-order valence-corrected chi connectivity index (χ0v) is 29.2. The standard InChI is InChI=1S/C38H40BrF2N5O3/c1-22-10-15-46(33-21-43-35(17-23(33)2)49-37-29(40)8-5-9-30(37)41)38(42)27(16-22)36(47)32-18-24-19-34(28(39)20-31(24)44-32)48-26-11-13-45(14-12-26)25-6-3-4-7-25/h5,8-9,16-21,25-26,42,44,47H,3-4,6-7,10-15H2,1-2H3. The first-order valence-electron chi connectivity index (χ1n) is 16.9. The summed E-state index contributed by atoms with van der Waals surface area (Å²) < 4.78 is 41.2. The number of aliphatic hydroxyl groups is 1. The van der Waals surface area contributed by atoms with Crippen molar-refractivity contribution < 1.29 is 23.4 Å². The number of aromatic amines is 1. The van der Waals surface area contributed by atoms with Crippen molar-refractivity contribution in [2.45, 2.75) is 70.9 Å². The molecule has 0 spiro atoms. The highest BCUT2D eigenvalue weighted by molar-refractivity contribution is 9.10. The third-order valence-corrected chi connectivity index (χ3v) is 10.5. The van der Waals surface area contributed by atoms with Crippen molar-refractivity contribution in [1.82, 2.24) is 14.9 Å². The molecule has 4 heterocycles. The minimum absolute atomic E-state index is 0.0293. The van der Waals surface area contributed by atoms with Crippen LogP contribution in [-0.4, -0.2) is 57.6 Å². The van der Waals surface area contributed by atoms with Gasteiger partial charge in [0.2, 0.25) is 11.6 Å². The lowest BCUT2D eigenvalue weighted by Crippen LogP contribution is -2.43. The number of ether oxygens (including phenoxy) is 2. The maximum atomic E-state index is 14.2. The molecule has 4 aromatic rings. The molecule has 2 aromatic heterocycles. The van der Waals surface area contributed by atoms with Gasteiger partial charge in [-0.1, -0.05) is 24.5 Å². The fourth-order valence-corrected chi connectivity index (χ4v) is 7.64. The molecule has 0 amide bonds. The number of rotatable bonds is 7. The Kier molecular flexibility index (Phi) is 9.48. The average molecular weight is 733 g/mol. The second kappa shape index (κ2) is 14.0. The third-order valence-electron chi connectivity index (χ3n) is 9.91. The summed E-state index contributed by atoms with van der Waals surface area (Å²) in [7, 11) is 0. The van der Waals surface area contributed by atoms with E-state index >= 15 is 0 Å². The van der Waals surface area contributed by atoms with Crippen LogP contribution >= 0.6 is 15.9 Å². The first kappa shape index (κ1) is 33.3. The number of pyridine rings is 1. The smallest absolute Gasteiger partial charge is 0.219 e. The fraction of sp³-hybridized carbons (Fsp3) is 0.368. The summed E-state index contributed by atoms with van der Waals surface area (Å²) in [6.07, 6.45) is 11.5. The number of hydrogen-bond donors (Lipinski definition) is 3. The van der Waals surface area contributed by atoms with Crippen LogP contribution in [0.25, 0.3) is 16.7 Å². The number of para-hydroxylation sites is 1. The van der Waals surface area contributed by atoms with Gasteiger partial charge in [-0.15, -0.1) is 0 Å². The molecule has 11 heteroatoms. The van der Waals surface area contributed by atoms with Gasteiger partial charge in [0.05, 0.1) is 27.6 Å². The number of nitrogens with zero attached hydrogens (tertiary/aromatic N) is 3. The quantitative estimate of drug-likeness (QED) is 0.164. The van der Waals surface area contributed by atoms with Gasteiger partial charge in [-0.3, -0.25) is 5.41 Å². The van der Waals surface area contributed by atoms with Gasteiger partial charge in [-0.2, -0.15) is 0 Å². The Hall–Kier alpha value is -4.22. The van der Waals surface area contributed by atoms with E-state index in [1.54, 1.807) is 11.0 Å². The lowest BCUT2D eigenvalue weighted by molar-refractivity contribution is 0.0764. The molecule has 0 radical (unpaired) electrons. The van der Waals surface area contributed by atoms with Crippen molar-refractivity contribution in [2.24, 2.45) is 0 Å². The van der Waals surface area contributed by atoms with E-state index in [1.165, 1.54) is 37.9 Å². The number of H-pyrrole nitrogens is 1. The second-order valence-electron chi connectivity index (χ2n) is 13.3. The monoisotopic (exact) mass is 731 g/mol. The van der Waals surface area contributed by atoms with E-state index < -0.39 is 17.4 Å². The number of anilines is 1. The van der Waals surface area contributed by atoms with Crippen LogP contribution < -0.4 is 14.4 Å². The van der Waals surface area contributed by atoms with Crippen LogP contribution in [0.3, 0.4) is 0 Å².